The number of benzene rings is 2. The van der Waals surface area contributed by atoms with E-state index in [1.807, 2.05) is 18.2 Å². The van der Waals surface area contributed by atoms with Crippen molar-refractivity contribution in [3.8, 4) is 5.75 Å². The normalized spacial score (nSPS) is 20.2. The molecule has 2 aromatic carbocycles. The topological polar surface area (TPSA) is 97.1 Å². The Hall–Kier alpha value is -3.10. The molecule has 1 aliphatic heterocycles. The molecule has 30 heavy (non-hydrogen) atoms. The Morgan fingerprint density at radius 2 is 1.87 bits per heavy atom. The molecule has 1 aromatic heterocycles. The van der Waals surface area contributed by atoms with Crippen LogP contribution in [0.15, 0.2) is 76.1 Å². The van der Waals surface area contributed by atoms with E-state index >= 15 is 0 Å². The number of nitrogens with zero attached hydrogens (tertiary/aromatic N) is 1. The smallest absolute Gasteiger partial charge is 0.322 e. The second-order valence-electron chi connectivity index (χ2n) is 7.03. The number of hydrogen-bond donors (Lipinski definition) is 1. The number of methoxy groups -OCH3 is 1. The van der Waals surface area contributed by atoms with E-state index in [2.05, 4.69) is 0 Å². The van der Waals surface area contributed by atoms with E-state index in [0.717, 1.165) is 9.69 Å². The van der Waals surface area contributed by atoms with E-state index in [0.29, 0.717) is 23.5 Å². The van der Waals surface area contributed by atoms with Crippen molar-refractivity contribution < 1.29 is 27.5 Å². The average Bonchev–Trinajstić information content (AvgIpc) is 3.04. The summed E-state index contributed by atoms with van der Waals surface area (Å²) in [5, 5.41) is 10.9. The molecule has 8 heteroatoms. The van der Waals surface area contributed by atoms with Crippen molar-refractivity contribution in [3.05, 3.63) is 72.5 Å². The molecule has 0 saturated heterocycles. The van der Waals surface area contributed by atoms with Gasteiger partial charge in [-0.05, 0) is 42.8 Å². The standard InChI is InChI=1S/C22H21NO6S/c1-28-16-9-11-17(12-10-16)30(26,27)23-13-5-4-7-18(21(23)22(24)25)20-14-15-6-2-3-8-19(15)29-20/h2-6,8-12,14,18,21H,7,13H2,1H3,(H,24,25). The molecule has 0 amide bonds. The third-order valence-electron chi connectivity index (χ3n) is 5.26. The summed E-state index contributed by atoms with van der Waals surface area (Å²) in [7, 11) is -2.58. The van der Waals surface area contributed by atoms with Crippen molar-refractivity contribution in [2.75, 3.05) is 13.7 Å². The molecule has 156 valence electrons. The van der Waals surface area contributed by atoms with Gasteiger partial charge in [0.2, 0.25) is 10.0 Å². The number of rotatable bonds is 5. The number of carboxylic acid groups (broad SMARTS) is 1. The van der Waals surface area contributed by atoms with E-state index in [4.69, 9.17) is 9.15 Å². The molecular weight excluding hydrogens is 406 g/mol. The molecule has 2 unspecified atom stereocenters. The van der Waals surface area contributed by atoms with Gasteiger partial charge in [-0.3, -0.25) is 4.79 Å². The molecule has 0 saturated carbocycles. The highest BCUT2D eigenvalue weighted by atomic mass is 32.2. The van der Waals surface area contributed by atoms with Gasteiger partial charge in [0.05, 0.1) is 12.0 Å². The molecule has 1 N–H and O–H groups in total. The first-order valence-electron chi connectivity index (χ1n) is 9.44. The second kappa shape index (κ2) is 7.97. The number of fused-ring (bicyclic) bond motifs is 1. The van der Waals surface area contributed by atoms with Gasteiger partial charge in [-0.15, -0.1) is 0 Å². The monoisotopic (exact) mass is 427 g/mol. The maximum absolute atomic E-state index is 13.4. The predicted octanol–water partition coefficient (Wildman–Crippen LogP) is 3.63. The Labute approximate surface area is 174 Å². The molecule has 2 atom stereocenters. The van der Waals surface area contributed by atoms with Crippen LogP contribution in [-0.4, -0.2) is 43.5 Å². The maximum Gasteiger partial charge on any atom is 0.322 e. The second-order valence-corrected chi connectivity index (χ2v) is 8.92. The molecule has 0 radical (unpaired) electrons. The van der Waals surface area contributed by atoms with E-state index in [1.54, 1.807) is 24.3 Å². The van der Waals surface area contributed by atoms with Crippen molar-refractivity contribution >= 4 is 27.0 Å². The quantitative estimate of drug-likeness (QED) is 0.625. The number of para-hydroxylation sites is 1. The third-order valence-corrected chi connectivity index (χ3v) is 7.12. The van der Waals surface area contributed by atoms with Crippen molar-refractivity contribution in [2.24, 2.45) is 0 Å². The van der Waals surface area contributed by atoms with Crippen LogP contribution in [0.5, 0.6) is 5.75 Å². The van der Waals surface area contributed by atoms with Gasteiger partial charge in [-0.2, -0.15) is 4.31 Å². The van der Waals surface area contributed by atoms with Crippen molar-refractivity contribution in [3.63, 3.8) is 0 Å². The van der Waals surface area contributed by atoms with Crippen LogP contribution in [0.3, 0.4) is 0 Å². The first-order valence-corrected chi connectivity index (χ1v) is 10.9. The number of hydrogen-bond acceptors (Lipinski definition) is 5. The summed E-state index contributed by atoms with van der Waals surface area (Å²) < 4.78 is 38.7. The van der Waals surface area contributed by atoms with Crippen LogP contribution in [-0.2, 0) is 14.8 Å². The summed E-state index contributed by atoms with van der Waals surface area (Å²) in [6, 6.07) is 13.7. The number of furan rings is 1. The molecule has 7 nitrogen and oxygen atoms in total. The van der Waals surface area contributed by atoms with Gasteiger partial charge in [-0.1, -0.05) is 30.4 Å². The first kappa shape index (κ1) is 20.2. The lowest BCUT2D eigenvalue weighted by molar-refractivity contribution is -0.142. The van der Waals surface area contributed by atoms with Crippen LogP contribution < -0.4 is 4.74 Å². The Bertz CT molecular complexity index is 1160. The van der Waals surface area contributed by atoms with Gasteiger partial charge in [0.1, 0.15) is 23.1 Å². The van der Waals surface area contributed by atoms with Crippen molar-refractivity contribution in [1.29, 1.82) is 0 Å². The average molecular weight is 427 g/mol. The minimum absolute atomic E-state index is 0.00760. The van der Waals surface area contributed by atoms with E-state index in [-0.39, 0.29) is 11.4 Å². The molecule has 1 aliphatic rings. The van der Waals surface area contributed by atoms with Gasteiger partial charge < -0.3 is 14.3 Å². The lowest BCUT2D eigenvalue weighted by Gasteiger charge is -2.30. The summed E-state index contributed by atoms with van der Waals surface area (Å²) in [5.74, 6) is -0.923. The van der Waals surface area contributed by atoms with Crippen LogP contribution in [0.2, 0.25) is 0 Å². The molecule has 0 bridgehead atoms. The van der Waals surface area contributed by atoms with E-state index in [9.17, 15) is 18.3 Å². The van der Waals surface area contributed by atoms with Gasteiger partial charge >= 0.3 is 5.97 Å². The maximum atomic E-state index is 13.4. The fourth-order valence-electron chi connectivity index (χ4n) is 3.75. The van der Waals surface area contributed by atoms with E-state index in [1.165, 1.54) is 31.4 Å². The lowest BCUT2D eigenvalue weighted by atomic mass is 9.94. The number of aliphatic carboxylic acids is 1. The Balaban J connectivity index is 1.78. The number of allylic oxidation sites excluding steroid dienone is 1. The number of ether oxygens (including phenoxy) is 1. The van der Waals surface area contributed by atoms with Gasteiger partial charge in [0.25, 0.3) is 0 Å². The summed E-state index contributed by atoms with van der Waals surface area (Å²) in [5.41, 5.74) is 0.634. The van der Waals surface area contributed by atoms with Crippen LogP contribution in [0.1, 0.15) is 18.1 Å². The number of sulfonamides is 1. The Morgan fingerprint density at radius 3 is 2.53 bits per heavy atom. The summed E-state index contributed by atoms with van der Waals surface area (Å²) in [6.07, 6.45) is 3.84. The summed E-state index contributed by atoms with van der Waals surface area (Å²) in [4.78, 5) is 12.3. The Morgan fingerprint density at radius 1 is 1.13 bits per heavy atom. The SMILES string of the molecule is COc1ccc(S(=O)(=O)N2CC=CCC(c3cc4ccccc4o3)C2C(=O)O)cc1. The van der Waals surface area contributed by atoms with Crippen LogP contribution in [0.25, 0.3) is 11.0 Å². The Kier molecular flexibility index (Phi) is 5.36. The van der Waals surface area contributed by atoms with Gasteiger partial charge in [-0.25, -0.2) is 8.42 Å². The van der Waals surface area contributed by atoms with Crippen LogP contribution >= 0.6 is 0 Å². The molecule has 2 heterocycles. The zero-order valence-corrected chi connectivity index (χ0v) is 17.1. The molecular formula is C22H21NO6S. The van der Waals surface area contributed by atoms with Crippen molar-refractivity contribution in [1.82, 2.24) is 4.31 Å². The van der Waals surface area contributed by atoms with Crippen LogP contribution in [0, 0.1) is 0 Å². The highest BCUT2D eigenvalue weighted by Gasteiger charge is 2.43. The van der Waals surface area contributed by atoms with Crippen molar-refractivity contribution in [2.45, 2.75) is 23.3 Å². The molecule has 4 rings (SSSR count). The summed E-state index contributed by atoms with van der Waals surface area (Å²) in [6.45, 7) is -0.0396. The first-order chi connectivity index (χ1) is 14.4. The molecule has 0 aliphatic carbocycles. The predicted molar refractivity (Wildman–Crippen MR) is 111 cm³/mol. The van der Waals surface area contributed by atoms with Gasteiger partial charge in [0, 0.05) is 17.8 Å². The fraction of sp³-hybridized carbons (Fsp3) is 0.227. The molecule has 3 aromatic rings. The molecule has 0 spiro atoms. The van der Waals surface area contributed by atoms with E-state index < -0.39 is 28.0 Å². The lowest BCUT2D eigenvalue weighted by Crippen LogP contribution is -2.47. The highest BCUT2D eigenvalue weighted by Crippen LogP contribution is 2.36. The minimum Gasteiger partial charge on any atom is -0.497 e. The zero-order chi connectivity index (χ0) is 21.3. The summed E-state index contributed by atoms with van der Waals surface area (Å²) >= 11 is 0. The van der Waals surface area contributed by atoms with Gasteiger partial charge in [0.15, 0.2) is 0 Å². The minimum atomic E-state index is -4.07. The third kappa shape index (κ3) is 3.59. The largest absolute Gasteiger partial charge is 0.497 e. The molecule has 0 fully saturated rings. The fourth-order valence-corrected chi connectivity index (χ4v) is 5.32. The highest BCUT2D eigenvalue weighted by molar-refractivity contribution is 7.89. The zero-order valence-electron chi connectivity index (χ0n) is 16.3. The number of carbonyl (C=O) groups is 1. The van der Waals surface area contributed by atoms with Crippen LogP contribution in [0.4, 0.5) is 0 Å². The number of carboxylic acids is 1.